The predicted octanol–water partition coefficient (Wildman–Crippen LogP) is 2.57. The van der Waals surface area contributed by atoms with Crippen molar-refractivity contribution in [2.24, 2.45) is 29.4 Å². The molecule has 4 atom stereocenters. The molecule has 1 aromatic carbocycles. The zero-order valence-electron chi connectivity index (χ0n) is 19.1. The minimum atomic E-state index is -2.61. The van der Waals surface area contributed by atoms with Crippen LogP contribution in [0.2, 0.25) is 0 Å². The zero-order valence-corrected chi connectivity index (χ0v) is 19.1. The lowest BCUT2D eigenvalue weighted by molar-refractivity contribution is -0.155. The number of furan rings is 1. The lowest BCUT2D eigenvalue weighted by Gasteiger charge is -2.50. The third-order valence-corrected chi connectivity index (χ3v) is 7.68. The fourth-order valence-corrected chi connectivity index (χ4v) is 6.17. The van der Waals surface area contributed by atoms with Crippen molar-refractivity contribution in [1.29, 1.82) is 0 Å². The first-order valence-corrected chi connectivity index (χ1v) is 11.4. The van der Waals surface area contributed by atoms with Gasteiger partial charge in [0.15, 0.2) is 11.4 Å². The molecule has 3 aliphatic carbocycles. The van der Waals surface area contributed by atoms with Crippen LogP contribution in [0.3, 0.4) is 0 Å². The molecule has 0 aliphatic heterocycles. The smallest absolute Gasteiger partial charge is 0.255 e. The summed E-state index contributed by atoms with van der Waals surface area (Å²) in [4.78, 5) is 39.0. The fourth-order valence-electron chi connectivity index (χ4n) is 6.17. The van der Waals surface area contributed by atoms with Gasteiger partial charge in [0, 0.05) is 23.0 Å². The molecule has 9 heteroatoms. The third kappa shape index (κ3) is 2.94. The van der Waals surface area contributed by atoms with E-state index in [1.807, 2.05) is 0 Å². The molecule has 2 aromatic rings. The molecule has 1 fully saturated rings. The van der Waals surface area contributed by atoms with Gasteiger partial charge in [0.2, 0.25) is 5.78 Å². The van der Waals surface area contributed by atoms with Crippen molar-refractivity contribution in [3.05, 3.63) is 58.8 Å². The molecular formula is C26H25NO8. The number of benzene rings is 1. The highest BCUT2D eigenvalue weighted by Crippen LogP contribution is 2.55. The van der Waals surface area contributed by atoms with E-state index in [0.717, 1.165) is 5.56 Å². The highest BCUT2D eigenvalue weighted by atomic mass is 16.3. The number of aliphatic hydroxyl groups is 3. The lowest BCUT2D eigenvalue weighted by Crippen LogP contribution is -2.62. The first kappa shape index (κ1) is 22.9. The first-order chi connectivity index (χ1) is 16.5. The van der Waals surface area contributed by atoms with Crippen LogP contribution in [-0.4, -0.2) is 43.5 Å². The molecule has 0 spiro atoms. The molecule has 182 valence electrons. The number of phenolic OH excluding ortho intramolecular Hbond substituents is 1. The van der Waals surface area contributed by atoms with Gasteiger partial charge in [-0.15, -0.1) is 0 Å². The molecule has 0 bridgehead atoms. The number of Topliss-reactive ketones (excluding diaryl/α,β-unsaturated/α-hetero) is 2. The number of nitrogens with two attached hydrogens (primary N) is 1. The van der Waals surface area contributed by atoms with Gasteiger partial charge in [0.05, 0.1) is 18.1 Å². The van der Waals surface area contributed by atoms with Crippen LogP contribution in [0.25, 0.3) is 16.9 Å². The van der Waals surface area contributed by atoms with Gasteiger partial charge in [0.25, 0.3) is 5.91 Å². The zero-order chi connectivity index (χ0) is 25.4. The van der Waals surface area contributed by atoms with Gasteiger partial charge in [-0.2, -0.15) is 0 Å². The van der Waals surface area contributed by atoms with Crippen molar-refractivity contribution >= 4 is 23.2 Å². The van der Waals surface area contributed by atoms with Crippen LogP contribution in [-0.2, 0) is 20.8 Å². The average Bonchev–Trinajstić information content (AvgIpc) is 3.30. The SMILES string of the molecule is CC(C)[C@@H]1C(=O)C(C(N)=O)=C(O)[C@@]2(O)C(=O)C3=C(O)c4c(O)ccc(-c5ccoc5)c4C[C@H]3C[C@@H]12. The molecule has 0 saturated heterocycles. The number of carbonyl (C=O) groups is 3. The summed E-state index contributed by atoms with van der Waals surface area (Å²) in [5.74, 6) is -7.79. The number of aliphatic hydroxyl groups excluding tert-OH is 2. The number of hydrogen-bond acceptors (Lipinski definition) is 8. The molecule has 1 saturated carbocycles. The number of carbonyl (C=O) groups excluding carboxylic acids is 3. The second-order valence-corrected chi connectivity index (χ2v) is 9.82. The van der Waals surface area contributed by atoms with E-state index < -0.39 is 57.9 Å². The van der Waals surface area contributed by atoms with Gasteiger partial charge >= 0.3 is 0 Å². The predicted molar refractivity (Wildman–Crippen MR) is 123 cm³/mol. The molecule has 9 nitrogen and oxygen atoms in total. The third-order valence-electron chi connectivity index (χ3n) is 7.68. The number of amides is 1. The van der Waals surface area contributed by atoms with Crippen molar-refractivity contribution in [3.63, 3.8) is 0 Å². The van der Waals surface area contributed by atoms with Gasteiger partial charge < -0.3 is 30.6 Å². The maximum absolute atomic E-state index is 13.8. The van der Waals surface area contributed by atoms with E-state index in [9.17, 15) is 34.8 Å². The number of phenols is 1. The van der Waals surface area contributed by atoms with Crippen molar-refractivity contribution in [3.8, 4) is 16.9 Å². The summed E-state index contributed by atoms with van der Waals surface area (Å²) in [6, 6.07) is 4.81. The highest BCUT2D eigenvalue weighted by molar-refractivity contribution is 6.23. The Morgan fingerprint density at radius 2 is 1.89 bits per heavy atom. The van der Waals surface area contributed by atoms with E-state index in [2.05, 4.69) is 0 Å². The topological polar surface area (TPSA) is 171 Å². The van der Waals surface area contributed by atoms with E-state index >= 15 is 0 Å². The van der Waals surface area contributed by atoms with E-state index in [1.165, 1.54) is 18.6 Å². The number of aromatic hydroxyl groups is 1. The molecule has 1 aromatic heterocycles. The van der Waals surface area contributed by atoms with Gasteiger partial charge in [-0.1, -0.05) is 19.9 Å². The van der Waals surface area contributed by atoms with E-state index in [4.69, 9.17) is 10.2 Å². The number of hydrogen-bond donors (Lipinski definition) is 5. The number of rotatable bonds is 3. The molecule has 0 radical (unpaired) electrons. The summed E-state index contributed by atoms with van der Waals surface area (Å²) in [6.45, 7) is 3.45. The summed E-state index contributed by atoms with van der Waals surface area (Å²) in [5, 5.41) is 44.3. The first-order valence-electron chi connectivity index (χ1n) is 11.4. The van der Waals surface area contributed by atoms with E-state index in [-0.39, 0.29) is 35.6 Å². The lowest BCUT2D eigenvalue weighted by atomic mass is 9.54. The minimum Gasteiger partial charge on any atom is -0.508 e. The maximum Gasteiger partial charge on any atom is 0.255 e. The Labute approximate surface area is 200 Å². The summed E-state index contributed by atoms with van der Waals surface area (Å²) in [5.41, 5.74) is 3.83. The van der Waals surface area contributed by atoms with Crippen molar-refractivity contribution < 1.29 is 39.2 Å². The summed E-state index contributed by atoms with van der Waals surface area (Å²) in [7, 11) is 0. The minimum absolute atomic E-state index is 0.0521. The van der Waals surface area contributed by atoms with Crippen LogP contribution >= 0.6 is 0 Å². The summed E-state index contributed by atoms with van der Waals surface area (Å²) in [6.07, 6.45) is 3.33. The van der Waals surface area contributed by atoms with Crippen LogP contribution in [0, 0.1) is 23.7 Å². The molecule has 0 unspecified atom stereocenters. The Bertz CT molecular complexity index is 1350. The van der Waals surface area contributed by atoms with Gasteiger partial charge in [-0.25, -0.2) is 0 Å². The van der Waals surface area contributed by atoms with E-state index in [1.54, 1.807) is 26.0 Å². The Kier molecular flexibility index (Phi) is 4.96. The standard InChI is InChI=1S/C26H25NO8/c1-10(2)17-15-8-12-7-14-13(11-5-6-35-9-11)3-4-16(28)19(14)22(30)18(12)23(31)26(15,34)24(32)20(21(17)29)25(27)33/h3-6,9-10,12,15,17,28,30,32,34H,7-8H2,1-2H3,(H2,27,33)/t12-,15-,17-,26-/m0/s1. The van der Waals surface area contributed by atoms with Crippen LogP contribution in [0.4, 0.5) is 0 Å². The van der Waals surface area contributed by atoms with Crippen molar-refractivity contribution in [2.45, 2.75) is 32.3 Å². The van der Waals surface area contributed by atoms with Gasteiger partial charge in [-0.05, 0) is 47.9 Å². The van der Waals surface area contributed by atoms with Crippen molar-refractivity contribution in [1.82, 2.24) is 0 Å². The van der Waals surface area contributed by atoms with E-state index in [0.29, 0.717) is 11.1 Å². The number of fused-ring (bicyclic) bond motifs is 3. The molecule has 6 N–H and O–H groups in total. The van der Waals surface area contributed by atoms with Crippen molar-refractivity contribution in [2.75, 3.05) is 0 Å². The molecule has 35 heavy (non-hydrogen) atoms. The summed E-state index contributed by atoms with van der Waals surface area (Å²) >= 11 is 0. The number of ketones is 2. The highest BCUT2D eigenvalue weighted by Gasteiger charge is 2.64. The Hall–Kier alpha value is -3.85. The van der Waals surface area contributed by atoms with Crippen LogP contribution in [0.5, 0.6) is 5.75 Å². The Morgan fingerprint density at radius 1 is 1.17 bits per heavy atom. The van der Waals surface area contributed by atoms with Crippen LogP contribution < -0.4 is 5.73 Å². The maximum atomic E-state index is 13.8. The summed E-state index contributed by atoms with van der Waals surface area (Å²) < 4.78 is 5.19. The van der Waals surface area contributed by atoms with Crippen LogP contribution in [0.1, 0.15) is 31.4 Å². The molecule has 3 aliphatic rings. The number of primary amides is 1. The average molecular weight is 479 g/mol. The Balaban J connectivity index is 1.75. The second-order valence-electron chi connectivity index (χ2n) is 9.82. The van der Waals surface area contributed by atoms with Gasteiger partial charge in [0.1, 0.15) is 22.8 Å². The Morgan fingerprint density at radius 3 is 2.49 bits per heavy atom. The molecule has 1 heterocycles. The molecule has 5 rings (SSSR count). The fraction of sp³-hybridized carbons (Fsp3) is 0.346. The molecular weight excluding hydrogens is 454 g/mol. The largest absolute Gasteiger partial charge is 0.508 e. The molecule has 1 amide bonds. The second kappa shape index (κ2) is 7.58. The van der Waals surface area contributed by atoms with Crippen LogP contribution in [0.15, 0.2) is 52.0 Å². The normalized spacial score (nSPS) is 28.2. The monoisotopic (exact) mass is 479 g/mol. The van der Waals surface area contributed by atoms with Gasteiger partial charge in [-0.3, -0.25) is 14.4 Å². The quantitative estimate of drug-likeness (QED) is 0.418.